The highest BCUT2D eigenvalue weighted by Crippen LogP contribution is 2.36. The highest BCUT2D eigenvalue weighted by molar-refractivity contribution is 6.00. The van der Waals surface area contributed by atoms with Crippen LogP contribution < -0.4 is 45.2 Å². The Morgan fingerprint density at radius 2 is 1.03 bits per heavy atom. The molecule has 2 rings (SSSR count). The lowest BCUT2D eigenvalue weighted by Crippen LogP contribution is -2.45. The summed E-state index contributed by atoms with van der Waals surface area (Å²) >= 11 is 0. The molecule has 2 aromatic carbocycles. The minimum absolute atomic E-state index is 0. The predicted molar refractivity (Wildman–Crippen MR) is 288 cm³/mol. The van der Waals surface area contributed by atoms with Crippen LogP contribution in [0.4, 0.5) is 0 Å². The molecule has 0 saturated carbocycles. The Morgan fingerprint density at radius 1 is 0.613 bits per heavy atom. The Bertz CT molecular complexity index is 1810. The SMILES string of the molecule is C.CCOc1cc(OC)c(C(=O)NCCOCCOCCCC(=O)OC(C)(C)C)c(OC)c1.CCOc1cc(OC)c(CN(CCOCCOCCCC(=O)OC(C)(C)C)C(=O)C(N)CCCCN)c(OC)c1.CO. The molecule has 0 aliphatic carbocycles. The topological polar surface area (TPSA) is 267 Å². The molecule has 0 aromatic heterocycles. The van der Waals surface area contributed by atoms with Crippen LogP contribution >= 0.6 is 0 Å². The summed E-state index contributed by atoms with van der Waals surface area (Å²) in [6, 6.07) is 6.21. The summed E-state index contributed by atoms with van der Waals surface area (Å²) in [5, 5.41) is 9.79. The van der Waals surface area contributed by atoms with Crippen LogP contribution in [-0.2, 0) is 49.3 Å². The monoisotopic (exact) mass is 1070 g/mol. The van der Waals surface area contributed by atoms with Gasteiger partial charge < -0.3 is 83.6 Å². The summed E-state index contributed by atoms with van der Waals surface area (Å²) in [7, 11) is 7.10. The van der Waals surface area contributed by atoms with Gasteiger partial charge in [0.15, 0.2) is 0 Å². The third kappa shape index (κ3) is 32.8. The Hall–Kier alpha value is -5.16. The molecule has 0 radical (unpaired) electrons. The smallest absolute Gasteiger partial charge is 0.306 e. The zero-order chi connectivity index (χ0) is 56.0. The Balaban J connectivity index is 0. The normalized spacial score (nSPS) is 11.3. The van der Waals surface area contributed by atoms with Crippen molar-refractivity contribution in [3.05, 3.63) is 35.4 Å². The number of hydrogen-bond donors (Lipinski definition) is 4. The van der Waals surface area contributed by atoms with E-state index in [0.717, 1.165) is 20.0 Å². The van der Waals surface area contributed by atoms with Gasteiger partial charge in [0.1, 0.15) is 51.3 Å². The second kappa shape index (κ2) is 42.0. The fourth-order valence-corrected chi connectivity index (χ4v) is 6.62. The molecule has 0 heterocycles. The molecule has 2 amide bonds. The highest BCUT2D eigenvalue weighted by atomic mass is 16.6. The molecule has 1 unspecified atom stereocenters. The van der Waals surface area contributed by atoms with Crippen LogP contribution in [0.25, 0.3) is 0 Å². The van der Waals surface area contributed by atoms with Crippen molar-refractivity contribution < 1.29 is 81.1 Å². The highest BCUT2D eigenvalue weighted by Gasteiger charge is 2.25. The van der Waals surface area contributed by atoms with Gasteiger partial charge in [-0.1, -0.05) is 13.8 Å². The van der Waals surface area contributed by atoms with E-state index < -0.39 is 17.2 Å². The van der Waals surface area contributed by atoms with Gasteiger partial charge in [-0.25, -0.2) is 0 Å². The van der Waals surface area contributed by atoms with E-state index in [1.54, 1.807) is 43.4 Å². The standard InChI is InChI=1S/C29H51N3O8.C23H37NO8.CH4O.CH4/c1-7-39-22-19-25(35-5)23(26(20-22)36-6)21-32(28(34)24(31)11-8-9-13-30)14-16-38-18-17-37-15-10-12-27(33)40-29(2,3)4;1-7-31-17-15-18(27-5)21(19(16-17)28-6)22(26)24-10-12-30-14-13-29-11-8-9-20(25)32-23(2,3)4;1-2;/h19-20,24H,7-18,21,30-31H2,1-6H3;15-16H,7-14H2,1-6H3,(H,24,26);2H,1H3;1H4. The summed E-state index contributed by atoms with van der Waals surface area (Å²) in [5.74, 6) is 2.04. The van der Waals surface area contributed by atoms with E-state index in [1.807, 2.05) is 55.4 Å². The number of benzene rings is 2. The number of nitrogens with zero attached hydrogens (tertiary/aromatic N) is 1. The van der Waals surface area contributed by atoms with Crippen molar-refractivity contribution in [3.63, 3.8) is 0 Å². The second-order valence-electron chi connectivity index (χ2n) is 18.1. The van der Waals surface area contributed by atoms with E-state index in [1.165, 1.54) is 14.2 Å². The van der Waals surface area contributed by atoms with Crippen molar-refractivity contribution in [1.82, 2.24) is 10.2 Å². The molecule has 0 aliphatic heterocycles. The number of amides is 2. The number of carbonyl (C=O) groups is 4. The number of hydrogen-bond acceptors (Lipinski definition) is 19. The van der Waals surface area contributed by atoms with E-state index in [0.29, 0.717) is 163 Å². The largest absolute Gasteiger partial charge is 0.496 e. The maximum atomic E-state index is 13.3. The van der Waals surface area contributed by atoms with Gasteiger partial charge in [0.2, 0.25) is 5.91 Å². The minimum Gasteiger partial charge on any atom is -0.496 e. The van der Waals surface area contributed by atoms with Crippen LogP contribution in [0.1, 0.15) is 124 Å². The van der Waals surface area contributed by atoms with Gasteiger partial charge in [0.25, 0.3) is 5.91 Å². The van der Waals surface area contributed by atoms with Gasteiger partial charge in [-0.05, 0) is 87.6 Å². The predicted octanol–water partition coefficient (Wildman–Crippen LogP) is 6.27. The van der Waals surface area contributed by atoms with E-state index in [9.17, 15) is 19.2 Å². The zero-order valence-electron chi connectivity index (χ0n) is 46.8. The Kier molecular flexibility index (Phi) is 40.3. The third-order valence-corrected chi connectivity index (χ3v) is 9.82. The maximum Gasteiger partial charge on any atom is 0.306 e. The number of methoxy groups -OCH3 is 4. The average molecular weight is 1070 g/mol. The van der Waals surface area contributed by atoms with Crippen LogP contribution in [-0.4, -0.2) is 172 Å². The van der Waals surface area contributed by atoms with Crippen LogP contribution in [0.2, 0.25) is 0 Å². The number of aliphatic hydroxyl groups is 1. The molecule has 0 saturated heterocycles. The summed E-state index contributed by atoms with van der Waals surface area (Å²) < 4.78 is 65.7. The van der Waals surface area contributed by atoms with Crippen molar-refractivity contribution in [1.29, 1.82) is 0 Å². The third-order valence-electron chi connectivity index (χ3n) is 9.82. The van der Waals surface area contributed by atoms with E-state index >= 15 is 0 Å². The number of carbonyl (C=O) groups excluding carboxylic acids is 4. The molecule has 75 heavy (non-hydrogen) atoms. The first-order valence-electron chi connectivity index (χ1n) is 25.3. The molecule has 21 heteroatoms. The van der Waals surface area contributed by atoms with Crippen molar-refractivity contribution >= 4 is 23.8 Å². The lowest BCUT2D eigenvalue weighted by Gasteiger charge is -2.27. The molecule has 6 N–H and O–H groups in total. The fraction of sp³-hybridized carbons (Fsp3) is 0.704. The number of nitrogens with two attached hydrogens (primary N) is 2. The van der Waals surface area contributed by atoms with Gasteiger partial charge in [-0.2, -0.15) is 0 Å². The first kappa shape index (κ1) is 71.9. The van der Waals surface area contributed by atoms with Crippen LogP contribution in [0.5, 0.6) is 34.5 Å². The molecular formula is C54H96N4O17. The number of aliphatic hydroxyl groups excluding tert-OH is 1. The van der Waals surface area contributed by atoms with Gasteiger partial charge >= 0.3 is 11.9 Å². The van der Waals surface area contributed by atoms with Crippen LogP contribution in [0, 0.1) is 0 Å². The molecule has 0 aliphatic rings. The number of nitrogens with one attached hydrogen (secondary N) is 1. The summed E-state index contributed by atoms with van der Waals surface area (Å²) in [6.07, 6.45) is 3.92. The molecule has 434 valence electrons. The number of ether oxygens (including phenoxy) is 12. The van der Waals surface area contributed by atoms with Crippen LogP contribution in [0.15, 0.2) is 24.3 Å². The lowest BCUT2D eigenvalue weighted by atomic mass is 10.1. The first-order valence-corrected chi connectivity index (χ1v) is 25.3. The maximum absolute atomic E-state index is 13.3. The number of esters is 2. The van der Waals surface area contributed by atoms with E-state index in [-0.39, 0.29) is 37.7 Å². The quantitative estimate of drug-likeness (QED) is 0.0432. The van der Waals surface area contributed by atoms with Gasteiger partial charge in [-0.3, -0.25) is 19.2 Å². The van der Waals surface area contributed by atoms with E-state index in [2.05, 4.69) is 5.32 Å². The molecular weight excluding hydrogens is 977 g/mol. The Labute approximate surface area is 448 Å². The van der Waals surface area contributed by atoms with Crippen molar-refractivity contribution in [2.75, 3.05) is 121 Å². The number of unbranched alkanes of at least 4 members (excludes halogenated alkanes) is 1. The van der Waals surface area contributed by atoms with Crippen molar-refractivity contribution in [3.8, 4) is 34.5 Å². The second-order valence-corrected chi connectivity index (χ2v) is 18.1. The minimum atomic E-state index is -0.653. The Morgan fingerprint density at radius 3 is 1.43 bits per heavy atom. The molecule has 0 spiro atoms. The first-order chi connectivity index (χ1) is 35.3. The average Bonchev–Trinajstić information content (AvgIpc) is 3.35. The van der Waals surface area contributed by atoms with Crippen molar-refractivity contribution in [2.24, 2.45) is 11.5 Å². The van der Waals surface area contributed by atoms with Gasteiger partial charge in [-0.15, -0.1) is 0 Å². The summed E-state index contributed by atoms with van der Waals surface area (Å²) in [6.45, 7) is 20.3. The fourth-order valence-electron chi connectivity index (χ4n) is 6.62. The zero-order valence-corrected chi connectivity index (χ0v) is 46.8. The summed E-state index contributed by atoms with van der Waals surface area (Å²) in [4.78, 5) is 50.9. The van der Waals surface area contributed by atoms with Crippen LogP contribution in [0.3, 0.4) is 0 Å². The molecule has 1 atom stereocenters. The van der Waals surface area contributed by atoms with E-state index in [4.69, 9.17) is 73.4 Å². The molecule has 0 fully saturated rings. The molecule has 2 aromatic rings. The molecule has 21 nitrogen and oxygen atoms in total. The van der Waals surface area contributed by atoms with Crippen molar-refractivity contribution in [2.45, 2.75) is 132 Å². The van der Waals surface area contributed by atoms with Gasteiger partial charge in [0.05, 0.1) is 99.4 Å². The number of rotatable bonds is 36. The summed E-state index contributed by atoms with van der Waals surface area (Å²) in [5.41, 5.74) is 11.9. The lowest BCUT2D eigenvalue weighted by molar-refractivity contribution is -0.156. The molecule has 0 bridgehead atoms. The van der Waals surface area contributed by atoms with Gasteiger partial charge in [0, 0.05) is 70.5 Å².